The first kappa shape index (κ1) is 21.5. The van der Waals surface area contributed by atoms with E-state index in [0.717, 1.165) is 50.9 Å². The number of hydrogen-bond donors (Lipinski definition) is 1. The Labute approximate surface area is 209 Å². The van der Waals surface area contributed by atoms with Crippen molar-refractivity contribution in [3.63, 3.8) is 0 Å². The summed E-state index contributed by atoms with van der Waals surface area (Å²) in [5.41, 5.74) is 7.84. The average Bonchev–Trinajstić information content (AvgIpc) is 3.38. The van der Waals surface area contributed by atoms with Crippen molar-refractivity contribution in [1.82, 2.24) is 15.0 Å². The van der Waals surface area contributed by atoms with Gasteiger partial charge in [0, 0.05) is 28.8 Å². The molecule has 2 heterocycles. The van der Waals surface area contributed by atoms with Gasteiger partial charge in [-0.2, -0.15) is 0 Å². The summed E-state index contributed by atoms with van der Waals surface area (Å²) >= 11 is 0. The smallest absolute Gasteiger partial charge is 0.138 e. The van der Waals surface area contributed by atoms with E-state index in [1.807, 2.05) is 48.5 Å². The van der Waals surface area contributed by atoms with Crippen molar-refractivity contribution in [1.29, 1.82) is 0 Å². The lowest BCUT2D eigenvalue weighted by Crippen LogP contribution is -2.09. The molecule has 1 N–H and O–H groups in total. The highest BCUT2D eigenvalue weighted by Gasteiger charge is 2.13. The highest BCUT2D eigenvalue weighted by Crippen LogP contribution is 2.35. The lowest BCUT2D eigenvalue weighted by Gasteiger charge is -2.25. The van der Waals surface area contributed by atoms with Gasteiger partial charge in [-0.3, -0.25) is 9.98 Å². The summed E-state index contributed by atoms with van der Waals surface area (Å²) in [5, 5.41) is 0. The van der Waals surface area contributed by atoms with Gasteiger partial charge in [0.2, 0.25) is 0 Å². The summed E-state index contributed by atoms with van der Waals surface area (Å²) in [7, 11) is 0. The van der Waals surface area contributed by atoms with Crippen LogP contribution in [0.5, 0.6) is 0 Å². The van der Waals surface area contributed by atoms with E-state index >= 15 is 0 Å². The number of para-hydroxylation sites is 2. The quantitative estimate of drug-likeness (QED) is 0.255. The van der Waals surface area contributed by atoms with Crippen LogP contribution in [0.15, 0.2) is 133 Å². The summed E-state index contributed by atoms with van der Waals surface area (Å²) < 4.78 is 0. The molecule has 0 aliphatic rings. The van der Waals surface area contributed by atoms with E-state index in [9.17, 15) is 0 Å². The zero-order valence-electron chi connectivity index (χ0n) is 19.5. The van der Waals surface area contributed by atoms with Crippen LogP contribution in [0, 0.1) is 0 Å². The van der Waals surface area contributed by atoms with Gasteiger partial charge in [0.1, 0.15) is 5.82 Å². The predicted molar refractivity (Wildman–Crippen MR) is 148 cm³/mol. The van der Waals surface area contributed by atoms with E-state index in [-0.39, 0.29) is 0 Å². The van der Waals surface area contributed by atoms with Crippen LogP contribution in [0.3, 0.4) is 0 Å². The van der Waals surface area contributed by atoms with Gasteiger partial charge in [0.15, 0.2) is 0 Å². The molecule has 5 heteroatoms. The van der Waals surface area contributed by atoms with Gasteiger partial charge in [0.05, 0.1) is 28.6 Å². The number of H-pyrrole nitrogens is 1. The fraction of sp³-hybridized carbons (Fsp3) is 0. The number of benzene rings is 4. The van der Waals surface area contributed by atoms with Gasteiger partial charge in [-0.25, -0.2) is 4.98 Å². The van der Waals surface area contributed by atoms with Gasteiger partial charge in [-0.05, 0) is 78.9 Å². The van der Waals surface area contributed by atoms with E-state index in [0.29, 0.717) is 0 Å². The Morgan fingerprint density at radius 3 is 2.00 bits per heavy atom. The minimum absolute atomic E-state index is 0.822. The first-order valence-corrected chi connectivity index (χ1v) is 11.8. The molecule has 0 fully saturated rings. The summed E-state index contributed by atoms with van der Waals surface area (Å²) in [4.78, 5) is 19.3. The molecule has 0 aliphatic heterocycles. The fourth-order valence-corrected chi connectivity index (χ4v) is 4.18. The van der Waals surface area contributed by atoms with Crippen molar-refractivity contribution in [3.05, 3.63) is 133 Å². The van der Waals surface area contributed by atoms with Gasteiger partial charge in [-0.15, -0.1) is 0 Å². The third kappa shape index (κ3) is 4.50. The number of imidazole rings is 1. The zero-order chi connectivity index (χ0) is 24.2. The lowest BCUT2D eigenvalue weighted by molar-refractivity contribution is 1.28. The highest BCUT2D eigenvalue weighted by atomic mass is 15.1. The number of aliphatic imine (C=N–C) groups is 1. The van der Waals surface area contributed by atoms with E-state index < -0.39 is 0 Å². The molecule has 0 saturated heterocycles. The number of hydrogen-bond acceptors (Lipinski definition) is 4. The number of nitrogens with one attached hydrogen (secondary N) is 1. The number of aromatic nitrogens is 3. The molecule has 5 nitrogen and oxygen atoms in total. The van der Waals surface area contributed by atoms with E-state index in [4.69, 9.17) is 4.98 Å². The molecule has 0 saturated carbocycles. The Morgan fingerprint density at radius 1 is 0.667 bits per heavy atom. The van der Waals surface area contributed by atoms with Crippen LogP contribution in [0.25, 0.3) is 22.4 Å². The summed E-state index contributed by atoms with van der Waals surface area (Å²) in [6.07, 6.45) is 3.53. The van der Waals surface area contributed by atoms with Crippen molar-refractivity contribution in [2.75, 3.05) is 4.90 Å². The molecule has 0 unspecified atom stereocenters. The highest BCUT2D eigenvalue weighted by molar-refractivity contribution is 5.85. The van der Waals surface area contributed by atoms with E-state index in [2.05, 4.69) is 92.7 Å². The van der Waals surface area contributed by atoms with Gasteiger partial charge < -0.3 is 9.88 Å². The summed E-state index contributed by atoms with van der Waals surface area (Å²) in [6, 6.07) is 41.0. The Morgan fingerprint density at radius 2 is 1.33 bits per heavy atom. The minimum atomic E-state index is 0.822. The molecule has 0 bridgehead atoms. The van der Waals surface area contributed by atoms with Gasteiger partial charge >= 0.3 is 0 Å². The second-order valence-electron chi connectivity index (χ2n) is 8.35. The molecule has 0 atom stereocenters. The van der Waals surface area contributed by atoms with Crippen LogP contribution in [0.2, 0.25) is 0 Å². The van der Waals surface area contributed by atoms with Crippen LogP contribution in [0.1, 0.15) is 5.69 Å². The standard InChI is InChI=1S/C31H23N5/c1-3-10-26(11-4-1)36(27-12-5-2-6-13-27)28-17-14-23(15-18-28)31-34-29-19-16-24(21-30(29)35-31)33-22-25-9-7-8-20-32-25/h1-22H,(H,34,35). The van der Waals surface area contributed by atoms with Crippen molar-refractivity contribution in [2.24, 2.45) is 4.99 Å². The maximum absolute atomic E-state index is 4.80. The van der Waals surface area contributed by atoms with Crippen molar-refractivity contribution >= 4 is 40.0 Å². The Hall–Kier alpha value is -5.03. The number of fused-ring (bicyclic) bond motifs is 1. The normalized spacial score (nSPS) is 11.2. The van der Waals surface area contributed by atoms with E-state index in [1.165, 1.54) is 0 Å². The molecule has 172 valence electrons. The molecule has 6 aromatic rings. The number of aromatic amines is 1. The number of pyridine rings is 1. The van der Waals surface area contributed by atoms with Crippen LogP contribution in [-0.4, -0.2) is 21.2 Å². The first-order chi connectivity index (χ1) is 17.8. The zero-order valence-corrected chi connectivity index (χ0v) is 19.5. The molecular weight excluding hydrogens is 442 g/mol. The first-order valence-electron chi connectivity index (χ1n) is 11.8. The molecule has 2 aromatic heterocycles. The second kappa shape index (κ2) is 9.68. The molecular formula is C31H23N5. The fourth-order valence-electron chi connectivity index (χ4n) is 4.18. The number of anilines is 3. The molecule has 0 spiro atoms. The van der Waals surface area contributed by atoms with Crippen molar-refractivity contribution in [2.45, 2.75) is 0 Å². The third-order valence-corrected chi connectivity index (χ3v) is 5.93. The Kier molecular flexibility index (Phi) is 5.78. The number of nitrogens with zero attached hydrogens (tertiary/aromatic N) is 4. The van der Waals surface area contributed by atoms with Crippen LogP contribution >= 0.6 is 0 Å². The molecule has 0 radical (unpaired) electrons. The summed E-state index contributed by atoms with van der Waals surface area (Å²) in [5.74, 6) is 0.827. The van der Waals surface area contributed by atoms with Crippen LogP contribution < -0.4 is 4.90 Å². The number of rotatable bonds is 6. The monoisotopic (exact) mass is 465 g/mol. The van der Waals surface area contributed by atoms with Crippen LogP contribution in [0.4, 0.5) is 22.7 Å². The summed E-state index contributed by atoms with van der Waals surface area (Å²) in [6.45, 7) is 0. The van der Waals surface area contributed by atoms with Crippen molar-refractivity contribution in [3.8, 4) is 11.4 Å². The predicted octanol–water partition coefficient (Wildman–Crippen LogP) is 7.85. The molecule has 4 aromatic carbocycles. The topological polar surface area (TPSA) is 57.2 Å². The van der Waals surface area contributed by atoms with Crippen molar-refractivity contribution < 1.29 is 0 Å². The lowest BCUT2D eigenvalue weighted by atomic mass is 10.1. The molecule has 36 heavy (non-hydrogen) atoms. The van der Waals surface area contributed by atoms with E-state index in [1.54, 1.807) is 12.4 Å². The maximum Gasteiger partial charge on any atom is 0.138 e. The van der Waals surface area contributed by atoms with Gasteiger partial charge in [-0.1, -0.05) is 42.5 Å². The SMILES string of the molecule is C(=Nc1ccc2nc(-c3ccc(N(c4ccccc4)c4ccccc4)cc3)[nH]c2c1)c1ccccn1. The molecule has 0 aliphatic carbocycles. The second-order valence-corrected chi connectivity index (χ2v) is 8.35. The van der Waals surface area contributed by atoms with Gasteiger partial charge in [0.25, 0.3) is 0 Å². The molecule has 0 amide bonds. The Bertz CT molecular complexity index is 1570. The largest absolute Gasteiger partial charge is 0.338 e. The maximum atomic E-state index is 4.80. The van der Waals surface area contributed by atoms with Crippen LogP contribution in [-0.2, 0) is 0 Å². The Balaban J connectivity index is 1.29. The average molecular weight is 466 g/mol. The third-order valence-electron chi connectivity index (χ3n) is 5.93. The minimum Gasteiger partial charge on any atom is -0.338 e. The molecule has 6 rings (SSSR count).